The van der Waals surface area contributed by atoms with Gasteiger partial charge in [0.1, 0.15) is 0 Å². The fraction of sp³-hybridized carbons (Fsp3) is 1.00. The summed E-state index contributed by atoms with van der Waals surface area (Å²) in [6, 6.07) is 0.514. The van der Waals surface area contributed by atoms with Crippen LogP contribution in [0.1, 0.15) is 34.1 Å². The Morgan fingerprint density at radius 2 is 1.88 bits per heavy atom. The van der Waals surface area contributed by atoms with Gasteiger partial charge in [-0.15, -0.1) is 0 Å². The van der Waals surface area contributed by atoms with Gasteiger partial charge in [0, 0.05) is 25.7 Å². The zero-order chi connectivity index (χ0) is 13.0. The summed E-state index contributed by atoms with van der Waals surface area (Å²) in [5, 5.41) is 3.50. The Hall–Kier alpha value is -0.120. The molecule has 1 aliphatic heterocycles. The zero-order valence-corrected chi connectivity index (χ0v) is 12.2. The van der Waals surface area contributed by atoms with Gasteiger partial charge in [-0.1, -0.05) is 13.8 Å². The third-order valence-electron chi connectivity index (χ3n) is 4.46. The number of hydrogen-bond acceptors (Lipinski definition) is 3. The maximum atomic E-state index is 5.95. The van der Waals surface area contributed by atoms with Crippen molar-refractivity contribution in [1.82, 2.24) is 5.32 Å². The Balaban J connectivity index is 2.65. The van der Waals surface area contributed by atoms with Crippen LogP contribution in [0.2, 0.25) is 0 Å². The van der Waals surface area contributed by atoms with E-state index in [0.29, 0.717) is 36.0 Å². The van der Waals surface area contributed by atoms with E-state index in [0.717, 1.165) is 13.0 Å². The monoisotopic (exact) mass is 243 g/mol. The lowest BCUT2D eigenvalue weighted by molar-refractivity contribution is 0.0441. The minimum Gasteiger partial charge on any atom is -0.385 e. The molecule has 0 spiro atoms. The van der Waals surface area contributed by atoms with Crippen molar-refractivity contribution in [1.29, 1.82) is 0 Å². The molecule has 0 aliphatic carbocycles. The minimum absolute atomic E-state index is 0.349. The molecule has 0 aromatic carbocycles. The molecule has 1 rings (SSSR count). The molecule has 0 radical (unpaired) electrons. The quantitative estimate of drug-likeness (QED) is 0.776. The van der Waals surface area contributed by atoms with Crippen LogP contribution in [0.25, 0.3) is 0 Å². The van der Waals surface area contributed by atoms with Crippen molar-refractivity contribution in [2.24, 2.45) is 17.8 Å². The highest BCUT2D eigenvalue weighted by atomic mass is 16.5. The predicted molar refractivity (Wildman–Crippen MR) is 71.2 cm³/mol. The van der Waals surface area contributed by atoms with Gasteiger partial charge in [-0.25, -0.2) is 0 Å². The number of hydrogen-bond donors (Lipinski definition) is 1. The standard InChI is InChI=1S/C14H29NO2/c1-9(7-8-16-6)14(15-5)13-10(2)11(3)17-12(13)4/h9-15H,7-8H2,1-6H3. The van der Waals surface area contributed by atoms with Crippen molar-refractivity contribution in [3.63, 3.8) is 0 Å². The average Bonchev–Trinajstić information content (AvgIpc) is 2.54. The Kier molecular flexibility index (Phi) is 5.90. The van der Waals surface area contributed by atoms with Gasteiger partial charge in [-0.05, 0) is 39.2 Å². The van der Waals surface area contributed by atoms with Crippen molar-refractivity contribution in [3.05, 3.63) is 0 Å². The summed E-state index contributed by atoms with van der Waals surface area (Å²) in [5.74, 6) is 1.83. The van der Waals surface area contributed by atoms with Crippen LogP contribution in [0.5, 0.6) is 0 Å². The van der Waals surface area contributed by atoms with E-state index >= 15 is 0 Å². The minimum atomic E-state index is 0.349. The number of nitrogens with one attached hydrogen (secondary N) is 1. The Labute approximate surface area is 106 Å². The van der Waals surface area contributed by atoms with Crippen LogP contribution in [-0.2, 0) is 9.47 Å². The van der Waals surface area contributed by atoms with Crippen molar-refractivity contribution < 1.29 is 9.47 Å². The molecule has 0 bridgehead atoms. The van der Waals surface area contributed by atoms with E-state index in [1.54, 1.807) is 7.11 Å². The van der Waals surface area contributed by atoms with Gasteiger partial charge in [-0.3, -0.25) is 0 Å². The van der Waals surface area contributed by atoms with Crippen LogP contribution >= 0.6 is 0 Å². The molecular weight excluding hydrogens is 214 g/mol. The van der Waals surface area contributed by atoms with Gasteiger partial charge in [0.05, 0.1) is 12.2 Å². The first-order valence-corrected chi connectivity index (χ1v) is 6.84. The largest absolute Gasteiger partial charge is 0.385 e. The van der Waals surface area contributed by atoms with Gasteiger partial charge < -0.3 is 14.8 Å². The van der Waals surface area contributed by atoms with Crippen molar-refractivity contribution >= 4 is 0 Å². The third kappa shape index (κ3) is 3.43. The lowest BCUT2D eigenvalue weighted by atomic mass is 9.77. The summed E-state index contributed by atoms with van der Waals surface area (Å²) in [7, 11) is 3.84. The molecule has 0 aromatic heterocycles. The van der Waals surface area contributed by atoms with Crippen molar-refractivity contribution in [2.45, 2.75) is 52.4 Å². The predicted octanol–water partition coefficient (Wildman–Crippen LogP) is 2.31. The van der Waals surface area contributed by atoms with Crippen LogP contribution < -0.4 is 5.32 Å². The van der Waals surface area contributed by atoms with Gasteiger partial charge in [-0.2, -0.15) is 0 Å². The highest BCUT2D eigenvalue weighted by Gasteiger charge is 2.42. The van der Waals surface area contributed by atoms with E-state index in [2.05, 4.69) is 40.1 Å². The summed E-state index contributed by atoms with van der Waals surface area (Å²) < 4.78 is 11.1. The smallest absolute Gasteiger partial charge is 0.0597 e. The summed E-state index contributed by atoms with van der Waals surface area (Å²) >= 11 is 0. The second-order valence-electron chi connectivity index (χ2n) is 5.56. The molecule has 1 N–H and O–H groups in total. The lowest BCUT2D eigenvalue weighted by Crippen LogP contribution is -2.44. The molecule has 17 heavy (non-hydrogen) atoms. The first kappa shape index (κ1) is 14.9. The summed E-state index contributed by atoms with van der Waals surface area (Å²) in [5.41, 5.74) is 0. The van der Waals surface area contributed by atoms with Gasteiger partial charge in [0.2, 0.25) is 0 Å². The fourth-order valence-electron chi connectivity index (χ4n) is 3.25. The summed E-state index contributed by atoms with van der Waals surface area (Å²) in [6.45, 7) is 9.85. The van der Waals surface area contributed by atoms with Crippen LogP contribution in [0.3, 0.4) is 0 Å². The van der Waals surface area contributed by atoms with E-state index < -0.39 is 0 Å². The summed E-state index contributed by atoms with van der Waals surface area (Å²) in [6.07, 6.45) is 1.83. The molecule has 1 saturated heterocycles. The second kappa shape index (κ2) is 6.72. The van der Waals surface area contributed by atoms with Crippen LogP contribution in [0.15, 0.2) is 0 Å². The molecular formula is C14H29NO2. The molecule has 102 valence electrons. The Morgan fingerprint density at radius 3 is 2.29 bits per heavy atom. The fourth-order valence-corrected chi connectivity index (χ4v) is 3.25. The Bertz CT molecular complexity index is 222. The Morgan fingerprint density at radius 1 is 1.24 bits per heavy atom. The second-order valence-corrected chi connectivity index (χ2v) is 5.56. The van der Waals surface area contributed by atoms with Gasteiger partial charge in [0.15, 0.2) is 0 Å². The van der Waals surface area contributed by atoms with E-state index in [4.69, 9.17) is 9.47 Å². The highest BCUT2D eigenvalue weighted by molar-refractivity contribution is 4.93. The molecule has 0 saturated carbocycles. The topological polar surface area (TPSA) is 30.5 Å². The average molecular weight is 243 g/mol. The van der Waals surface area contributed by atoms with E-state index in [1.165, 1.54) is 0 Å². The first-order valence-electron chi connectivity index (χ1n) is 6.84. The number of ether oxygens (including phenoxy) is 2. The highest BCUT2D eigenvalue weighted by Crippen LogP contribution is 2.37. The number of rotatable bonds is 6. The lowest BCUT2D eigenvalue weighted by Gasteiger charge is -2.33. The van der Waals surface area contributed by atoms with Gasteiger partial charge >= 0.3 is 0 Å². The van der Waals surface area contributed by atoms with Crippen molar-refractivity contribution in [2.75, 3.05) is 20.8 Å². The van der Waals surface area contributed by atoms with E-state index in [-0.39, 0.29) is 0 Å². The third-order valence-corrected chi connectivity index (χ3v) is 4.46. The molecule has 6 unspecified atom stereocenters. The maximum Gasteiger partial charge on any atom is 0.0597 e. The zero-order valence-electron chi connectivity index (χ0n) is 12.2. The van der Waals surface area contributed by atoms with Crippen LogP contribution in [0, 0.1) is 17.8 Å². The van der Waals surface area contributed by atoms with Crippen LogP contribution in [0.4, 0.5) is 0 Å². The molecule has 3 nitrogen and oxygen atoms in total. The number of methoxy groups -OCH3 is 1. The SMILES string of the molecule is CNC(C(C)CCOC)C1C(C)OC(C)C1C. The first-order chi connectivity index (χ1) is 8.02. The van der Waals surface area contributed by atoms with E-state index in [9.17, 15) is 0 Å². The normalized spacial score (nSPS) is 37.1. The molecule has 1 fully saturated rings. The molecule has 3 heteroatoms. The molecule has 1 aliphatic rings. The van der Waals surface area contributed by atoms with Gasteiger partial charge in [0.25, 0.3) is 0 Å². The van der Waals surface area contributed by atoms with Crippen LogP contribution in [-0.4, -0.2) is 39.0 Å². The summed E-state index contributed by atoms with van der Waals surface area (Å²) in [4.78, 5) is 0. The molecule has 6 atom stereocenters. The van der Waals surface area contributed by atoms with E-state index in [1.807, 2.05) is 0 Å². The van der Waals surface area contributed by atoms with Crippen molar-refractivity contribution in [3.8, 4) is 0 Å². The maximum absolute atomic E-state index is 5.95. The molecule has 1 heterocycles. The molecule has 0 amide bonds. The molecule has 0 aromatic rings.